The lowest BCUT2D eigenvalue weighted by Crippen LogP contribution is -2.51. The molecule has 0 spiro atoms. The molecule has 2 aromatic rings. The third kappa shape index (κ3) is 7.41. The van der Waals surface area contributed by atoms with Crippen LogP contribution in [0.2, 0.25) is 0 Å². The zero-order valence-electron chi connectivity index (χ0n) is 21.2. The lowest BCUT2D eigenvalue weighted by molar-refractivity contribution is -0.154. The van der Waals surface area contributed by atoms with Gasteiger partial charge in [0.25, 0.3) is 11.8 Å². The van der Waals surface area contributed by atoms with Crippen molar-refractivity contribution in [2.75, 3.05) is 27.8 Å². The number of aliphatic hydroxyl groups is 2. The fourth-order valence-electron chi connectivity index (χ4n) is 4.25. The average molecular weight is 643 g/mol. The molecule has 0 unspecified atom stereocenters. The Morgan fingerprint density at radius 2 is 2.03 bits per heavy atom. The van der Waals surface area contributed by atoms with Gasteiger partial charge in [-0.15, -0.1) is 11.3 Å². The summed E-state index contributed by atoms with van der Waals surface area (Å²) in [7, 11) is 0. The summed E-state index contributed by atoms with van der Waals surface area (Å²) in [6.45, 7) is 6.90. The van der Waals surface area contributed by atoms with Gasteiger partial charge in [-0.3, -0.25) is 14.6 Å². The number of rotatable bonds is 11. The van der Waals surface area contributed by atoms with Crippen molar-refractivity contribution in [3.63, 3.8) is 0 Å². The number of allylic oxidation sites excluding steroid dienone is 1. The van der Waals surface area contributed by atoms with Crippen LogP contribution in [-0.2, 0) is 9.59 Å². The van der Waals surface area contributed by atoms with Gasteiger partial charge >= 0.3 is 0 Å². The Bertz CT molecular complexity index is 1080. The Labute approximate surface area is 235 Å². The second kappa shape index (κ2) is 13.5. The minimum atomic E-state index is -1.91. The molecule has 2 heterocycles. The van der Waals surface area contributed by atoms with Gasteiger partial charge < -0.3 is 25.7 Å². The molecule has 1 aliphatic rings. The van der Waals surface area contributed by atoms with Gasteiger partial charge in [0.15, 0.2) is 17.3 Å². The van der Waals surface area contributed by atoms with Crippen LogP contribution in [0.1, 0.15) is 50.5 Å². The van der Waals surface area contributed by atoms with Crippen LogP contribution in [0.3, 0.4) is 0 Å². The molecule has 1 fully saturated rings. The van der Waals surface area contributed by atoms with E-state index in [9.17, 15) is 19.8 Å². The SMILES string of the molecule is CCNc1nc([C@H]2C[C@@H](C)CN2C(=O)[C@H](O)[C@@H](O)C(=O)N[C@H](C)c2ccc(N(N)/C=C\CI)cc2)cs1. The minimum Gasteiger partial charge on any atom is -0.380 e. The van der Waals surface area contributed by atoms with Crippen LogP contribution in [0.4, 0.5) is 10.8 Å². The number of hydrogen-bond donors (Lipinski definition) is 5. The molecule has 1 saturated heterocycles. The number of amides is 2. The molecule has 37 heavy (non-hydrogen) atoms. The quantitative estimate of drug-likeness (QED) is 0.109. The van der Waals surface area contributed by atoms with E-state index in [1.165, 1.54) is 21.2 Å². The van der Waals surface area contributed by atoms with Crippen molar-refractivity contribution in [3.8, 4) is 0 Å². The first-order chi connectivity index (χ1) is 17.7. The number of carbonyl (C=O) groups excluding carboxylic acids is 2. The molecule has 3 rings (SSSR count). The molecule has 10 nitrogen and oxygen atoms in total. The van der Waals surface area contributed by atoms with E-state index in [1.807, 2.05) is 49.6 Å². The van der Waals surface area contributed by atoms with Crippen molar-refractivity contribution < 1.29 is 19.8 Å². The number of benzene rings is 1. The van der Waals surface area contributed by atoms with Gasteiger partial charge in [0.1, 0.15) is 0 Å². The van der Waals surface area contributed by atoms with Crippen molar-refractivity contribution in [2.45, 2.75) is 51.5 Å². The topological polar surface area (TPSA) is 144 Å². The molecule has 0 bridgehead atoms. The Balaban J connectivity index is 1.62. The predicted octanol–water partition coefficient (Wildman–Crippen LogP) is 2.71. The molecule has 0 aliphatic carbocycles. The number of nitrogens with two attached hydrogens (primary N) is 1. The summed E-state index contributed by atoms with van der Waals surface area (Å²) < 4.78 is 0.836. The fourth-order valence-corrected chi connectivity index (χ4v) is 5.30. The smallest absolute Gasteiger partial charge is 0.255 e. The second-order valence-electron chi connectivity index (χ2n) is 9.11. The first kappa shape index (κ1) is 29.3. The summed E-state index contributed by atoms with van der Waals surface area (Å²) in [5.74, 6) is 4.67. The molecule has 6 N–H and O–H groups in total. The number of thiazole rings is 1. The molecule has 1 aromatic heterocycles. The number of hydrazine groups is 1. The van der Waals surface area contributed by atoms with Crippen LogP contribution < -0.4 is 21.5 Å². The maximum absolute atomic E-state index is 13.2. The Kier molecular flexibility index (Phi) is 10.7. The Morgan fingerprint density at radius 3 is 2.68 bits per heavy atom. The van der Waals surface area contributed by atoms with Gasteiger partial charge in [-0.25, -0.2) is 10.8 Å². The molecule has 202 valence electrons. The molecule has 12 heteroatoms. The standard InChI is InChI=1S/C25H35IN6O4S/c1-4-28-25-30-19(14-37-25)20-12-15(2)13-31(20)24(36)22(34)21(33)23(35)29-16(3)17-6-8-18(9-7-17)32(27)11-5-10-26/h5-9,11,14-16,20-22,33-34H,4,10,12-13,27H2,1-3H3,(H,28,30)(H,29,35)/b11-5-/t15-,16-,20-,21-,22-/m1/s1. The van der Waals surface area contributed by atoms with Gasteiger partial charge in [-0.05, 0) is 43.9 Å². The second-order valence-corrected chi connectivity index (χ2v) is 10.9. The van der Waals surface area contributed by atoms with Gasteiger partial charge in [0.2, 0.25) is 0 Å². The van der Waals surface area contributed by atoms with E-state index < -0.39 is 30.1 Å². The zero-order valence-corrected chi connectivity index (χ0v) is 24.1. The van der Waals surface area contributed by atoms with Gasteiger partial charge in [-0.2, -0.15) is 0 Å². The normalized spacial score (nSPS) is 20.0. The number of carbonyl (C=O) groups is 2. The summed E-state index contributed by atoms with van der Waals surface area (Å²) in [4.78, 5) is 32.0. The number of aromatic nitrogens is 1. The molecule has 1 aromatic carbocycles. The number of halogens is 1. The Morgan fingerprint density at radius 1 is 1.32 bits per heavy atom. The maximum Gasteiger partial charge on any atom is 0.255 e. The van der Waals surface area contributed by atoms with Crippen LogP contribution >= 0.6 is 33.9 Å². The van der Waals surface area contributed by atoms with E-state index in [1.54, 1.807) is 13.1 Å². The monoisotopic (exact) mass is 642 g/mol. The minimum absolute atomic E-state index is 0.195. The summed E-state index contributed by atoms with van der Waals surface area (Å²) in [6, 6.07) is 6.49. The number of hydrogen-bond acceptors (Lipinski definition) is 9. The maximum atomic E-state index is 13.2. The number of aliphatic hydroxyl groups excluding tert-OH is 2. The van der Waals surface area contributed by atoms with E-state index in [2.05, 4.69) is 38.2 Å². The highest BCUT2D eigenvalue weighted by molar-refractivity contribution is 14.1. The first-order valence-corrected chi connectivity index (χ1v) is 14.6. The summed E-state index contributed by atoms with van der Waals surface area (Å²) in [5, 5.41) is 31.2. The van der Waals surface area contributed by atoms with Crippen LogP contribution in [0.5, 0.6) is 0 Å². The molecular weight excluding hydrogens is 607 g/mol. The van der Waals surface area contributed by atoms with Crippen molar-refractivity contribution in [1.29, 1.82) is 0 Å². The molecular formula is C25H35IN6O4S. The van der Waals surface area contributed by atoms with Crippen LogP contribution in [-0.4, -0.2) is 61.6 Å². The molecule has 0 radical (unpaired) electrons. The average Bonchev–Trinajstić information content (AvgIpc) is 3.52. The number of nitrogens with one attached hydrogen (secondary N) is 2. The molecule has 1 aliphatic heterocycles. The summed E-state index contributed by atoms with van der Waals surface area (Å²) in [5.41, 5.74) is 2.30. The highest BCUT2D eigenvalue weighted by atomic mass is 127. The van der Waals surface area contributed by atoms with Crippen molar-refractivity contribution in [3.05, 3.63) is 53.2 Å². The third-order valence-corrected chi connectivity index (χ3v) is 7.54. The lowest BCUT2D eigenvalue weighted by atomic mass is 10.1. The van der Waals surface area contributed by atoms with Gasteiger partial charge in [0, 0.05) is 29.1 Å². The van der Waals surface area contributed by atoms with E-state index >= 15 is 0 Å². The van der Waals surface area contributed by atoms with Crippen LogP contribution in [0, 0.1) is 5.92 Å². The number of likely N-dealkylation sites (tertiary alicyclic amines) is 1. The predicted molar refractivity (Wildman–Crippen MR) is 154 cm³/mol. The highest BCUT2D eigenvalue weighted by Gasteiger charge is 2.41. The largest absolute Gasteiger partial charge is 0.380 e. The van der Waals surface area contributed by atoms with E-state index in [4.69, 9.17) is 5.84 Å². The van der Waals surface area contributed by atoms with Crippen LogP contribution in [0.15, 0.2) is 41.9 Å². The number of anilines is 2. The molecule has 5 atom stereocenters. The molecule has 0 saturated carbocycles. The molecule has 2 amide bonds. The van der Waals surface area contributed by atoms with Crippen LogP contribution in [0.25, 0.3) is 0 Å². The highest BCUT2D eigenvalue weighted by Crippen LogP contribution is 2.37. The van der Waals surface area contributed by atoms with E-state index in [0.29, 0.717) is 13.0 Å². The number of nitrogens with zero attached hydrogens (tertiary/aromatic N) is 3. The Hall–Kier alpha value is -2.26. The van der Waals surface area contributed by atoms with E-state index in [0.717, 1.165) is 33.0 Å². The van der Waals surface area contributed by atoms with Crippen molar-refractivity contribution in [1.82, 2.24) is 15.2 Å². The lowest BCUT2D eigenvalue weighted by Gasteiger charge is -2.28. The zero-order chi connectivity index (χ0) is 27.1. The summed E-state index contributed by atoms with van der Waals surface area (Å²) >= 11 is 3.68. The van der Waals surface area contributed by atoms with E-state index in [-0.39, 0.29) is 12.0 Å². The summed E-state index contributed by atoms with van der Waals surface area (Å²) in [6.07, 6.45) is 0.592. The van der Waals surface area contributed by atoms with Gasteiger partial charge in [-0.1, -0.05) is 47.7 Å². The van der Waals surface area contributed by atoms with Gasteiger partial charge in [0.05, 0.1) is 23.5 Å². The number of alkyl halides is 1. The van der Waals surface area contributed by atoms with Crippen molar-refractivity contribution >= 4 is 56.6 Å². The van der Waals surface area contributed by atoms with Crippen molar-refractivity contribution in [2.24, 2.45) is 11.8 Å². The fraction of sp³-hybridized carbons (Fsp3) is 0.480. The first-order valence-electron chi connectivity index (χ1n) is 12.2. The third-order valence-electron chi connectivity index (χ3n) is 6.21.